The summed E-state index contributed by atoms with van der Waals surface area (Å²) >= 11 is 7.65. The Balaban J connectivity index is 1.37. The molecule has 4 rings (SSSR count). The Kier molecular flexibility index (Phi) is 7.40. The van der Waals surface area contributed by atoms with E-state index in [2.05, 4.69) is 20.5 Å². The van der Waals surface area contributed by atoms with Crippen LogP contribution in [0.3, 0.4) is 0 Å². The van der Waals surface area contributed by atoms with E-state index in [-0.39, 0.29) is 17.6 Å². The van der Waals surface area contributed by atoms with Gasteiger partial charge in [-0.3, -0.25) is 14.7 Å². The summed E-state index contributed by atoms with van der Waals surface area (Å²) in [6.07, 6.45) is -1.75. The molecule has 170 valence electrons. The number of aryl methyl sites for hydroxylation is 1. The van der Waals surface area contributed by atoms with Crippen LogP contribution in [0.15, 0.2) is 23.2 Å². The van der Waals surface area contributed by atoms with Crippen LogP contribution < -0.4 is 10.6 Å². The molecule has 5 atom stereocenters. The highest BCUT2D eigenvalue weighted by Crippen LogP contribution is 2.41. The molecule has 3 aliphatic rings. The Morgan fingerprint density at radius 2 is 2.13 bits per heavy atom. The zero-order valence-electron chi connectivity index (χ0n) is 17.5. The summed E-state index contributed by atoms with van der Waals surface area (Å²) in [5, 5.41) is 28.1. The number of benzene rings is 1. The fourth-order valence-corrected chi connectivity index (χ4v) is 5.75. The number of carbonyl (C=O) groups is 1. The van der Waals surface area contributed by atoms with Crippen molar-refractivity contribution in [3.05, 3.63) is 28.8 Å². The van der Waals surface area contributed by atoms with Gasteiger partial charge in [0.25, 0.3) is 0 Å². The van der Waals surface area contributed by atoms with Crippen LogP contribution >= 0.6 is 23.4 Å². The molecule has 5 unspecified atom stereocenters. The molecular weight excluding hydrogens is 440 g/mol. The number of hydrogen-bond donors (Lipinski definition) is 4. The van der Waals surface area contributed by atoms with Crippen molar-refractivity contribution in [2.75, 3.05) is 44.7 Å². The molecule has 1 saturated carbocycles. The minimum Gasteiger partial charge on any atom is -0.390 e. The zero-order chi connectivity index (χ0) is 22.0. The van der Waals surface area contributed by atoms with Crippen LogP contribution in [0, 0.1) is 12.8 Å². The minimum atomic E-state index is -0.990. The first-order valence-corrected chi connectivity index (χ1v) is 11.9. The van der Waals surface area contributed by atoms with E-state index >= 15 is 0 Å². The largest absolute Gasteiger partial charge is 0.390 e. The third-order valence-corrected chi connectivity index (χ3v) is 7.80. The Hall–Kier alpha value is -1.36. The van der Waals surface area contributed by atoms with Gasteiger partial charge in [-0.25, -0.2) is 0 Å². The highest BCUT2D eigenvalue weighted by molar-refractivity contribution is 8.15. The van der Waals surface area contributed by atoms with Gasteiger partial charge in [0.1, 0.15) is 6.10 Å². The van der Waals surface area contributed by atoms with E-state index in [1.807, 2.05) is 25.1 Å². The SMILES string of the molecule is Cc1ccc(NC2=NC3C(O)C(O)CC(C(=O)NCCN4CCOCC4)C3S2)cc1Cl. The number of aliphatic imine (C=N–C) groups is 1. The van der Waals surface area contributed by atoms with E-state index in [1.165, 1.54) is 11.8 Å². The molecule has 1 aliphatic carbocycles. The molecule has 1 amide bonds. The van der Waals surface area contributed by atoms with Gasteiger partial charge in [0.05, 0.1) is 31.3 Å². The predicted molar refractivity (Wildman–Crippen MR) is 123 cm³/mol. The Morgan fingerprint density at radius 3 is 2.87 bits per heavy atom. The molecule has 1 saturated heterocycles. The van der Waals surface area contributed by atoms with Crippen molar-refractivity contribution in [3.8, 4) is 0 Å². The van der Waals surface area contributed by atoms with Crippen LogP contribution in [0.2, 0.25) is 5.02 Å². The van der Waals surface area contributed by atoms with Crippen molar-refractivity contribution < 1.29 is 19.7 Å². The molecular formula is C21H29ClN4O4S. The quantitative estimate of drug-likeness (QED) is 0.512. The molecule has 2 aliphatic heterocycles. The molecule has 10 heteroatoms. The van der Waals surface area contributed by atoms with Gasteiger partial charge in [0.15, 0.2) is 5.17 Å². The molecule has 4 N–H and O–H groups in total. The number of hydrogen-bond acceptors (Lipinski definition) is 8. The van der Waals surface area contributed by atoms with Crippen LogP contribution in [0.25, 0.3) is 0 Å². The van der Waals surface area contributed by atoms with Crippen molar-refractivity contribution in [1.82, 2.24) is 10.2 Å². The lowest BCUT2D eigenvalue weighted by Gasteiger charge is -2.37. The molecule has 0 bridgehead atoms. The summed E-state index contributed by atoms with van der Waals surface area (Å²) in [7, 11) is 0. The second-order valence-corrected chi connectivity index (χ2v) is 9.82. The summed E-state index contributed by atoms with van der Waals surface area (Å²) in [6, 6.07) is 5.12. The number of ether oxygens (including phenoxy) is 1. The second-order valence-electron chi connectivity index (χ2n) is 8.24. The Labute approximate surface area is 191 Å². The van der Waals surface area contributed by atoms with E-state index in [0.717, 1.165) is 44.1 Å². The summed E-state index contributed by atoms with van der Waals surface area (Å²) in [5.41, 5.74) is 1.77. The molecule has 0 radical (unpaired) electrons. The fraction of sp³-hybridized carbons (Fsp3) is 0.619. The number of carbonyl (C=O) groups excluding carboxylic acids is 1. The number of nitrogens with zero attached hydrogens (tertiary/aromatic N) is 2. The fourth-order valence-electron chi connectivity index (χ4n) is 4.20. The van der Waals surface area contributed by atoms with Gasteiger partial charge in [-0.05, 0) is 31.0 Å². The molecule has 1 aromatic carbocycles. The average Bonchev–Trinajstić information content (AvgIpc) is 3.18. The summed E-state index contributed by atoms with van der Waals surface area (Å²) in [6.45, 7) is 6.44. The summed E-state index contributed by atoms with van der Waals surface area (Å²) in [5.74, 6) is -0.528. The van der Waals surface area contributed by atoms with Gasteiger partial charge in [0.2, 0.25) is 5.91 Å². The molecule has 1 aromatic rings. The number of aliphatic hydroxyl groups excluding tert-OH is 2. The lowest BCUT2D eigenvalue weighted by atomic mass is 9.81. The number of nitrogens with one attached hydrogen (secondary N) is 2. The van der Waals surface area contributed by atoms with Crippen LogP contribution in [-0.4, -0.2) is 89.1 Å². The van der Waals surface area contributed by atoms with E-state index in [1.54, 1.807) is 0 Å². The van der Waals surface area contributed by atoms with Gasteiger partial charge in [-0.2, -0.15) is 0 Å². The van der Waals surface area contributed by atoms with Crippen molar-refractivity contribution >= 4 is 40.1 Å². The first kappa shape index (κ1) is 22.8. The van der Waals surface area contributed by atoms with E-state index in [9.17, 15) is 15.0 Å². The number of thioether (sulfide) groups is 1. The average molecular weight is 469 g/mol. The van der Waals surface area contributed by atoms with Gasteiger partial charge < -0.3 is 25.6 Å². The van der Waals surface area contributed by atoms with E-state index in [0.29, 0.717) is 16.7 Å². The van der Waals surface area contributed by atoms with Gasteiger partial charge >= 0.3 is 0 Å². The van der Waals surface area contributed by atoms with Crippen molar-refractivity contribution in [2.45, 2.75) is 36.8 Å². The number of aliphatic hydroxyl groups is 2. The van der Waals surface area contributed by atoms with Crippen LogP contribution in [0.5, 0.6) is 0 Å². The summed E-state index contributed by atoms with van der Waals surface area (Å²) in [4.78, 5) is 19.8. The van der Waals surface area contributed by atoms with E-state index in [4.69, 9.17) is 16.3 Å². The number of fused-ring (bicyclic) bond motifs is 1. The summed E-state index contributed by atoms with van der Waals surface area (Å²) < 4.78 is 5.35. The lowest BCUT2D eigenvalue weighted by molar-refractivity contribution is -0.129. The molecule has 2 fully saturated rings. The highest BCUT2D eigenvalue weighted by Gasteiger charge is 2.50. The Bertz CT molecular complexity index is 836. The molecule has 8 nitrogen and oxygen atoms in total. The maximum Gasteiger partial charge on any atom is 0.224 e. The normalized spacial score (nSPS) is 31.1. The van der Waals surface area contributed by atoms with Crippen LogP contribution in [-0.2, 0) is 9.53 Å². The minimum absolute atomic E-state index is 0.100. The Morgan fingerprint density at radius 1 is 1.35 bits per heavy atom. The van der Waals surface area contributed by atoms with Crippen molar-refractivity contribution in [3.63, 3.8) is 0 Å². The van der Waals surface area contributed by atoms with E-state index < -0.39 is 24.2 Å². The predicted octanol–water partition coefficient (Wildman–Crippen LogP) is 1.09. The second kappa shape index (κ2) is 10.1. The van der Waals surface area contributed by atoms with Crippen molar-refractivity contribution in [1.29, 1.82) is 0 Å². The molecule has 0 aromatic heterocycles. The third-order valence-electron chi connectivity index (χ3n) is 6.08. The maximum absolute atomic E-state index is 12.9. The zero-order valence-corrected chi connectivity index (χ0v) is 19.0. The smallest absolute Gasteiger partial charge is 0.224 e. The number of amidine groups is 1. The molecule has 31 heavy (non-hydrogen) atoms. The monoisotopic (exact) mass is 468 g/mol. The van der Waals surface area contributed by atoms with Gasteiger partial charge in [0, 0.05) is 42.1 Å². The van der Waals surface area contributed by atoms with Gasteiger partial charge in [-0.15, -0.1) is 0 Å². The first-order chi connectivity index (χ1) is 14.9. The number of anilines is 1. The molecule has 2 heterocycles. The number of morpholine rings is 1. The first-order valence-electron chi connectivity index (χ1n) is 10.6. The van der Waals surface area contributed by atoms with Crippen molar-refractivity contribution in [2.24, 2.45) is 10.9 Å². The number of rotatable bonds is 5. The lowest BCUT2D eigenvalue weighted by Crippen LogP contribution is -2.54. The van der Waals surface area contributed by atoms with Crippen LogP contribution in [0.1, 0.15) is 12.0 Å². The highest BCUT2D eigenvalue weighted by atomic mass is 35.5. The molecule has 0 spiro atoms. The van der Waals surface area contributed by atoms with Crippen LogP contribution in [0.4, 0.5) is 5.69 Å². The topological polar surface area (TPSA) is 106 Å². The number of amides is 1. The van der Waals surface area contributed by atoms with Gasteiger partial charge in [-0.1, -0.05) is 29.4 Å². The standard InChI is InChI=1S/C21H29ClN4O4S/c1-12-2-3-13(10-15(12)22)24-21-25-17-18(28)16(27)11-14(19(17)31-21)20(29)23-4-5-26-6-8-30-9-7-26/h2-3,10,14,16-19,27-28H,4-9,11H2,1H3,(H,23,29)(H,24,25). The maximum atomic E-state index is 12.9. The number of halogens is 1. The third kappa shape index (κ3) is 5.35.